The smallest absolute Gasteiger partial charge is 0.427 e. The fraction of sp³-hybridized carbons (Fsp3) is 0.600. The molecule has 1 atom stereocenters. The predicted molar refractivity (Wildman–Crippen MR) is 36.4 cm³/mol. The molecule has 0 amide bonds. The van der Waals surface area contributed by atoms with Gasteiger partial charge in [-0.1, -0.05) is 0 Å². The normalized spacial score (nSPS) is 12.2. The maximum Gasteiger partial charge on any atom is 0.453 e. The van der Waals surface area contributed by atoms with Gasteiger partial charge in [0.1, 0.15) is 0 Å². The third-order valence-corrected chi connectivity index (χ3v) is 0.894. The fourth-order valence-corrected chi connectivity index (χ4v) is 0.505. The summed E-state index contributed by atoms with van der Waals surface area (Å²) in [5.74, 6) is 2.33. The largest absolute Gasteiger partial charge is 0.453 e. The van der Waals surface area contributed by atoms with Crippen molar-refractivity contribution >= 4 is 7.12 Å². The van der Waals surface area contributed by atoms with Gasteiger partial charge in [-0.2, -0.15) is 0 Å². The summed E-state index contributed by atoms with van der Waals surface area (Å²) >= 11 is 0. The van der Waals surface area contributed by atoms with Crippen molar-refractivity contribution in [2.24, 2.45) is 5.73 Å². The average Bonchev–Trinajstić information content (AvgIpc) is 1.63. The SMILES string of the molecule is C#CCC(N)CB(O)O. The highest BCUT2D eigenvalue weighted by Gasteiger charge is 2.11. The minimum Gasteiger partial charge on any atom is -0.427 e. The van der Waals surface area contributed by atoms with E-state index >= 15 is 0 Å². The Labute approximate surface area is 55.0 Å². The summed E-state index contributed by atoms with van der Waals surface area (Å²) in [4.78, 5) is 0. The van der Waals surface area contributed by atoms with Crippen LogP contribution >= 0.6 is 0 Å². The minimum atomic E-state index is -1.34. The van der Waals surface area contributed by atoms with E-state index in [1.807, 2.05) is 0 Å². The highest BCUT2D eigenvalue weighted by molar-refractivity contribution is 6.41. The first kappa shape index (κ1) is 8.50. The Kier molecular flexibility index (Phi) is 4.15. The zero-order valence-corrected chi connectivity index (χ0v) is 5.12. The topological polar surface area (TPSA) is 66.5 Å². The summed E-state index contributed by atoms with van der Waals surface area (Å²) in [6.07, 6.45) is 5.44. The number of rotatable bonds is 3. The van der Waals surface area contributed by atoms with Crippen molar-refractivity contribution < 1.29 is 10.0 Å². The molecule has 0 aliphatic heterocycles. The monoisotopic (exact) mass is 127 g/mol. The van der Waals surface area contributed by atoms with Crippen LogP contribution in [0.25, 0.3) is 0 Å². The molecule has 0 fully saturated rings. The van der Waals surface area contributed by atoms with E-state index in [4.69, 9.17) is 22.2 Å². The second-order valence-corrected chi connectivity index (χ2v) is 1.88. The highest BCUT2D eigenvalue weighted by atomic mass is 16.4. The molecule has 0 spiro atoms. The molecule has 0 bridgehead atoms. The first-order valence-electron chi connectivity index (χ1n) is 2.72. The number of terminal acetylenes is 1. The van der Waals surface area contributed by atoms with Gasteiger partial charge in [-0.05, 0) is 6.32 Å². The van der Waals surface area contributed by atoms with Crippen LogP contribution in [-0.4, -0.2) is 23.2 Å². The van der Waals surface area contributed by atoms with Gasteiger partial charge in [0, 0.05) is 12.5 Å². The van der Waals surface area contributed by atoms with Crippen LogP contribution in [0.4, 0.5) is 0 Å². The molecule has 0 heterocycles. The molecule has 3 nitrogen and oxygen atoms in total. The summed E-state index contributed by atoms with van der Waals surface area (Å²) in [5.41, 5.74) is 5.32. The van der Waals surface area contributed by atoms with E-state index in [1.165, 1.54) is 0 Å². The van der Waals surface area contributed by atoms with E-state index in [1.54, 1.807) is 0 Å². The second-order valence-electron chi connectivity index (χ2n) is 1.88. The van der Waals surface area contributed by atoms with Gasteiger partial charge in [0.05, 0.1) is 0 Å². The number of hydrogen-bond acceptors (Lipinski definition) is 3. The number of nitrogens with two attached hydrogens (primary N) is 1. The summed E-state index contributed by atoms with van der Waals surface area (Å²) < 4.78 is 0. The molecule has 0 radical (unpaired) electrons. The Morgan fingerprint density at radius 3 is 2.56 bits per heavy atom. The van der Waals surface area contributed by atoms with Crippen molar-refractivity contribution in [2.45, 2.75) is 18.8 Å². The Morgan fingerprint density at radius 2 is 2.22 bits per heavy atom. The van der Waals surface area contributed by atoms with E-state index in [0.29, 0.717) is 6.42 Å². The zero-order valence-electron chi connectivity index (χ0n) is 5.12. The van der Waals surface area contributed by atoms with Crippen molar-refractivity contribution in [2.75, 3.05) is 0 Å². The molecule has 50 valence electrons. The molecule has 4 N–H and O–H groups in total. The van der Waals surface area contributed by atoms with Crippen LogP contribution in [-0.2, 0) is 0 Å². The lowest BCUT2D eigenvalue weighted by Gasteiger charge is -2.04. The zero-order chi connectivity index (χ0) is 7.28. The molecule has 0 saturated heterocycles. The molecule has 0 aliphatic carbocycles. The van der Waals surface area contributed by atoms with Crippen LogP contribution < -0.4 is 5.73 Å². The minimum absolute atomic E-state index is 0.143. The van der Waals surface area contributed by atoms with E-state index in [9.17, 15) is 0 Å². The van der Waals surface area contributed by atoms with E-state index in [0.717, 1.165) is 0 Å². The first-order chi connectivity index (χ1) is 4.16. The fourth-order valence-electron chi connectivity index (χ4n) is 0.505. The van der Waals surface area contributed by atoms with Crippen LogP contribution in [0.3, 0.4) is 0 Å². The van der Waals surface area contributed by atoms with Crippen LogP contribution in [0.2, 0.25) is 6.32 Å². The molecule has 0 rings (SSSR count). The molecular weight excluding hydrogens is 117 g/mol. The summed E-state index contributed by atoms with van der Waals surface area (Å²) in [6, 6.07) is -0.296. The van der Waals surface area contributed by atoms with Gasteiger partial charge in [-0.3, -0.25) is 0 Å². The van der Waals surface area contributed by atoms with Crippen LogP contribution in [0.5, 0.6) is 0 Å². The van der Waals surface area contributed by atoms with E-state index < -0.39 is 7.12 Å². The third-order valence-electron chi connectivity index (χ3n) is 0.894. The second kappa shape index (κ2) is 4.39. The van der Waals surface area contributed by atoms with Crippen molar-refractivity contribution in [3.63, 3.8) is 0 Å². The molecule has 0 aromatic rings. The van der Waals surface area contributed by atoms with Crippen molar-refractivity contribution in [1.29, 1.82) is 0 Å². The van der Waals surface area contributed by atoms with Gasteiger partial charge in [-0.15, -0.1) is 12.3 Å². The van der Waals surface area contributed by atoms with Crippen molar-refractivity contribution in [3.05, 3.63) is 0 Å². The summed E-state index contributed by atoms with van der Waals surface area (Å²) in [5, 5.41) is 16.7. The molecule has 0 saturated carbocycles. The maximum atomic E-state index is 8.36. The van der Waals surface area contributed by atoms with Crippen molar-refractivity contribution in [3.8, 4) is 12.3 Å². The van der Waals surface area contributed by atoms with Gasteiger partial charge >= 0.3 is 7.12 Å². The Hall–Kier alpha value is -0.495. The van der Waals surface area contributed by atoms with Crippen LogP contribution in [0.15, 0.2) is 0 Å². The standard InChI is InChI=1S/C5H10BNO2/c1-2-3-5(7)4-6(8)9/h1,5,8-9H,3-4,7H2. The van der Waals surface area contributed by atoms with Gasteiger partial charge < -0.3 is 15.8 Å². The molecular formula is C5H10BNO2. The van der Waals surface area contributed by atoms with Crippen molar-refractivity contribution in [1.82, 2.24) is 0 Å². The molecule has 9 heavy (non-hydrogen) atoms. The predicted octanol–water partition coefficient (Wildman–Crippen LogP) is -1.19. The lowest BCUT2D eigenvalue weighted by Crippen LogP contribution is -2.27. The van der Waals surface area contributed by atoms with Gasteiger partial charge in [0.15, 0.2) is 0 Å². The van der Waals surface area contributed by atoms with Gasteiger partial charge in [0.25, 0.3) is 0 Å². The van der Waals surface area contributed by atoms with Crippen LogP contribution in [0, 0.1) is 12.3 Å². The van der Waals surface area contributed by atoms with Gasteiger partial charge in [-0.25, -0.2) is 0 Å². The third kappa shape index (κ3) is 5.37. The average molecular weight is 127 g/mol. The highest BCUT2D eigenvalue weighted by Crippen LogP contribution is 1.94. The van der Waals surface area contributed by atoms with Crippen LogP contribution in [0.1, 0.15) is 6.42 Å². The maximum absolute atomic E-state index is 8.36. The quantitative estimate of drug-likeness (QED) is 0.330. The molecule has 4 heteroatoms. The summed E-state index contributed by atoms with van der Waals surface area (Å²) in [7, 11) is -1.34. The number of hydrogen-bond donors (Lipinski definition) is 3. The van der Waals surface area contributed by atoms with E-state index in [-0.39, 0.29) is 12.4 Å². The van der Waals surface area contributed by atoms with Gasteiger partial charge in [0.2, 0.25) is 0 Å². The summed E-state index contributed by atoms with van der Waals surface area (Å²) in [6.45, 7) is 0. The molecule has 1 unspecified atom stereocenters. The first-order valence-corrected chi connectivity index (χ1v) is 2.72. The van der Waals surface area contributed by atoms with E-state index in [2.05, 4.69) is 5.92 Å². The Morgan fingerprint density at radius 1 is 1.67 bits per heavy atom. The molecule has 0 aliphatic rings. The Bertz CT molecular complexity index is 110. The molecule has 0 aromatic carbocycles. The Balaban J connectivity index is 3.29. The molecule has 0 aromatic heterocycles. The lowest BCUT2D eigenvalue weighted by molar-refractivity contribution is 0.398. The lowest BCUT2D eigenvalue weighted by atomic mass is 9.81.